The lowest BCUT2D eigenvalue weighted by Crippen LogP contribution is -2.12. The number of rotatable bonds is 2. The van der Waals surface area contributed by atoms with E-state index in [0.717, 1.165) is 23.3 Å². The van der Waals surface area contributed by atoms with Crippen molar-refractivity contribution < 1.29 is 0 Å². The fourth-order valence-corrected chi connectivity index (χ4v) is 2.75. The number of aromatic nitrogens is 2. The van der Waals surface area contributed by atoms with Crippen molar-refractivity contribution in [3.8, 4) is 11.4 Å². The lowest BCUT2D eigenvalue weighted by Gasteiger charge is -2.21. The number of imidazole rings is 1. The van der Waals surface area contributed by atoms with Gasteiger partial charge in [-0.15, -0.1) is 0 Å². The van der Waals surface area contributed by atoms with Crippen molar-refractivity contribution in [3.05, 3.63) is 53.6 Å². The largest absolute Gasteiger partial charge is 0.338 e. The van der Waals surface area contributed by atoms with Gasteiger partial charge in [0.2, 0.25) is 0 Å². The Hall–Kier alpha value is -2.09. The minimum absolute atomic E-state index is 0.101. The number of fused-ring (bicyclic) bond motifs is 1. The average Bonchev–Trinajstić information content (AvgIpc) is 2.89. The molecule has 0 unspecified atom stereocenters. The molecule has 1 N–H and O–H groups in total. The van der Waals surface area contributed by atoms with Gasteiger partial charge >= 0.3 is 0 Å². The summed E-state index contributed by atoms with van der Waals surface area (Å²) in [6.45, 7) is 8.89. The summed E-state index contributed by atoms with van der Waals surface area (Å²) in [5.74, 6) is 0.962. The van der Waals surface area contributed by atoms with E-state index in [9.17, 15) is 0 Å². The summed E-state index contributed by atoms with van der Waals surface area (Å²) in [5.41, 5.74) is 6.10. The van der Waals surface area contributed by atoms with Crippen LogP contribution in [0.1, 0.15) is 38.8 Å². The summed E-state index contributed by atoms with van der Waals surface area (Å²) in [5, 5.41) is 0. The molecule has 0 amide bonds. The van der Waals surface area contributed by atoms with Crippen LogP contribution < -0.4 is 0 Å². The van der Waals surface area contributed by atoms with Crippen molar-refractivity contribution in [2.75, 3.05) is 0 Å². The molecule has 0 saturated heterocycles. The highest BCUT2D eigenvalue weighted by Crippen LogP contribution is 2.32. The first kappa shape index (κ1) is 13.9. The number of nitrogens with one attached hydrogen (secondary N) is 1. The van der Waals surface area contributed by atoms with E-state index in [-0.39, 0.29) is 5.41 Å². The zero-order valence-electron chi connectivity index (χ0n) is 13.2. The quantitative estimate of drug-likeness (QED) is 0.695. The number of hydrogen-bond acceptors (Lipinski definition) is 1. The van der Waals surface area contributed by atoms with E-state index in [1.807, 2.05) is 0 Å². The van der Waals surface area contributed by atoms with Crippen molar-refractivity contribution in [2.24, 2.45) is 0 Å². The molecule has 0 bridgehead atoms. The summed E-state index contributed by atoms with van der Waals surface area (Å²) in [4.78, 5) is 8.26. The molecule has 1 aromatic heterocycles. The van der Waals surface area contributed by atoms with Gasteiger partial charge in [0.15, 0.2) is 0 Å². The number of hydrogen-bond donors (Lipinski definition) is 1. The standard InChI is InChI=1S/C19H22N2/c1-5-13-10-11-16-17(12-13)21-18(20-16)14-8-6-7-9-15(14)19(2,3)4/h6-12H,5H2,1-4H3,(H,20,21). The third-order valence-corrected chi connectivity index (χ3v) is 3.94. The predicted octanol–water partition coefficient (Wildman–Crippen LogP) is 5.09. The highest BCUT2D eigenvalue weighted by molar-refractivity contribution is 5.80. The first-order valence-electron chi connectivity index (χ1n) is 7.57. The Morgan fingerprint density at radius 1 is 1.05 bits per heavy atom. The van der Waals surface area contributed by atoms with Crippen molar-refractivity contribution >= 4 is 11.0 Å². The maximum Gasteiger partial charge on any atom is 0.138 e. The summed E-state index contributed by atoms with van der Waals surface area (Å²) in [6, 6.07) is 15.0. The van der Waals surface area contributed by atoms with Crippen LogP contribution in [0.15, 0.2) is 42.5 Å². The summed E-state index contributed by atoms with van der Waals surface area (Å²) < 4.78 is 0. The second-order valence-corrected chi connectivity index (χ2v) is 6.59. The van der Waals surface area contributed by atoms with Crippen molar-refractivity contribution in [1.29, 1.82) is 0 Å². The summed E-state index contributed by atoms with van der Waals surface area (Å²) in [6.07, 6.45) is 1.04. The molecule has 21 heavy (non-hydrogen) atoms. The number of aromatic amines is 1. The minimum atomic E-state index is 0.101. The van der Waals surface area contributed by atoms with Crippen LogP contribution >= 0.6 is 0 Å². The molecule has 0 atom stereocenters. The number of aryl methyl sites for hydroxylation is 1. The second-order valence-electron chi connectivity index (χ2n) is 6.59. The molecular weight excluding hydrogens is 256 g/mol. The average molecular weight is 278 g/mol. The van der Waals surface area contributed by atoms with Gasteiger partial charge in [-0.25, -0.2) is 4.98 Å². The normalized spacial score (nSPS) is 12.0. The van der Waals surface area contributed by atoms with E-state index >= 15 is 0 Å². The predicted molar refractivity (Wildman–Crippen MR) is 89.6 cm³/mol. The molecule has 0 aliphatic rings. The van der Waals surface area contributed by atoms with E-state index in [0.29, 0.717) is 0 Å². The Labute approximate surface area is 126 Å². The van der Waals surface area contributed by atoms with Crippen LogP contribution in [-0.2, 0) is 11.8 Å². The second kappa shape index (κ2) is 5.03. The van der Waals surface area contributed by atoms with Gasteiger partial charge in [-0.3, -0.25) is 0 Å². The summed E-state index contributed by atoms with van der Waals surface area (Å²) >= 11 is 0. The van der Waals surface area contributed by atoms with Gasteiger partial charge in [0.25, 0.3) is 0 Å². The Balaban J connectivity index is 2.17. The first-order chi connectivity index (χ1) is 9.99. The van der Waals surface area contributed by atoms with Crippen LogP contribution in [0.4, 0.5) is 0 Å². The molecule has 0 saturated carbocycles. The molecule has 3 rings (SSSR count). The Morgan fingerprint density at radius 2 is 1.81 bits per heavy atom. The van der Waals surface area contributed by atoms with E-state index < -0.39 is 0 Å². The van der Waals surface area contributed by atoms with Crippen LogP contribution in [0, 0.1) is 0 Å². The van der Waals surface area contributed by atoms with Crippen LogP contribution in [-0.4, -0.2) is 9.97 Å². The maximum absolute atomic E-state index is 4.78. The molecule has 2 aromatic carbocycles. The van der Waals surface area contributed by atoms with Crippen LogP contribution in [0.3, 0.4) is 0 Å². The Bertz CT molecular complexity index is 776. The van der Waals surface area contributed by atoms with Crippen molar-refractivity contribution in [1.82, 2.24) is 9.97 Å². The molecule has 2 heteroatoms. The molecule has 1 heterocycles. The third kappa shape index (κ3) is 2.58. The van der Waals surface area contributed by atoms with Gasteiger partial charge in [-0.2, -0.15) is 0 Å². The molecule has 2 nitrogen and oxygen atoms in total. The van der Waals surface area contributed by atoms with Gasteiger partial charge in [0.05, 0.1) is 11.0 Å². The molecule has 0 fully saturated rings. The zero-order valence-corrected chi connectivity index (χ0v) is 13.2. The van der Waals surface area contributed by atoms with Gasteiger partial charge in [-0.05, 0) is 35.1 Å². The van der Waals surface area contributed by atoms with Crippen LogP contribution in [0.2, 0.25) is 0 Å². The van der Waals surface area contributed by atoms with E-state index in [1.54, 1.807) is 0 Å². The molecule has 0 aliphatic heterocycles. The zero-order chi connectivity index (χ0) is 15.0. The molecule has 3 aromatic rings. The van der Waals surface area contributed by atoms with E-state index in [4.69, 9.17) is 4.98 Å². The Kier molecular flexibility index (Phi) is 3.32. The van der Waals surface area contributed by atoms with E-state index in [1.165, 1.54) is 16.7 Å². The van der Waals surface area contributed by atoms with Crippen LogP contribution in [0.5, 0.6) is 0 Å². The van der Waals surface area contributed by atoms with Crippen molar-refractivity contribution in [3.63, 3.8) is 0 Å². The van der Waals surface area contributed by atoms with Crippen molar-refractivity contribution in [2.45, 2.75) is 39.5 Å². The molecule has 108 valence electrons. The molecular formula is C19H22N2. The van der Waals surface area contributed by atoms with E-state index in [2.05, 4.69) is 75.1 Å². The van der Waals surface area contributed by atoms with Gasteiger partial charge in [0.1, 0.15) is 5.82 Å². The van der Waals surface area contributed by atoms with Crippen LogP contribution in [0.25, 0.3) is 22.4 Å². The topological polar surface area (TPSA) is 28.7 Å². The highest BCUT2D eigenvalue weighted by atomic mass is 14.9. The molecule has 0 aliphatic carbocycles. The molecule has 0 spiro atoms. The smallest absolute Gasteiger partial charge is 0.138 e. The minimum Gasteiger partial charge on any atom is -0.338 e. The third-order valence-electron chi connectivity index (χ3n) is 3.94. The van der Waals surface area contributed by atoms with Gasteiger partial charge < -0.3 is 4.98 Å². The fraction of sp³-hybridized carbons (Fsp3) is 0.316. The Morgan fingerprint density at radius 3 is 2.52 bits per heavy atom. The highest BCUT2D eigenvalue weighted by Gasteiger charge is 2.19. The first-order valence-corrected chi connectivity index (χ1v) is 7.57. The van der Waals surface area contributed by atoms with Gasteiger partial charge in [0, 0.05) is 5.56 Å². The lowest BCUT2D eigenvalue weighted by atomic mass is 9.83. The fourth-order valence-electron chi connectivity index (χ4n) is 2.75. The monoisotopic (exact) mass is 278 g/mol. The SMILES string of the molecule is CCc1ccc2nc(-c3ccccc3C(C)(C)C)[nH]c2c1. The number of nitrogens with zero attached hydrogens (tertiary/aromatic N) is 1. The molecule has 0 radical (unpaired) electrons. The maximum atomic E-state index is 4.78. The number of H-pyrrole nitrogens is 1. The summed E-state index contributed by atoms with van der Waals surface area (Å²) in [7, 11) is 0. The van der Waals surface area contributed by atoms with Gasteiger partial charge in [-0.1, -0.05) is 58.0 Å². The number of benzene rings is 2. The lowest BCUT2D eigenvalue weighted by molar-refractivity contribution is 0.591.